The average Bonchev–Trinajstić information content (AvgIpc) is 2.84. The zero-order valence-electron chi connectivity index (χ0n) is 13.7. The van der Waals surface area contributed by atoms with Gasteiger partial charge in [0.25, 0.3) is 0 Å². The molecule has 1 aliphatic rings. The fraction of sp³-hybridized carbons (Fsp3) is 0.647. The summed E-state index contributed by atoms with van der Waals surface area (Å²) in [6.45, 7) is 8.16. The summed E-state index contributed by atoms with van der Waals surface area (Å²) in [4.78, 5) is 11.6. The smallest absolute Gasteiger partial charge is 0.138 e. The van der Waals surface area contributed by atoms with E-state index in [1.807, 2.05) is 11.3 Å². The molecule has 4 nitrogen and oxygen atoms in total. The molecule has 0 aliphatic heterocycles. The van der Waals surface area contributed by atoms with Crippen LogP contribution in [0.4, 0.5) is 5.82 Å². The number of aromatic nitrogens is 2. The first kappa shape index (κ1) is 15.7. The number of nitrogens with zero attached hydrogens (tertiary/aromatic N) is 2. The first-order valence-electron chi connectivity index (χ1n) is 8.26. The Morgan fingerprint density at radius 1 is 1.41 bits per heavy atom. The van der Waals surface area contributed by atoms with Crippen molar-refractivity contribution in [3.05, 3.63) is 16.8 Å². The van der Waals surface area contributed by atoms with Crippen LogP contribution in [0.5, 0.6) is 0 Å². The van der Waals surface area contributed by atoms with E-state index in [0.717, 1.165) is 42.6 Å². The van der Waals surface area contributed by atoms with E-state index < -0.39 is 0 Å². The summed E-state index contributed by atoms with van der Waals surface area (Å²) in [5.41, 5.74) is 1.49. The van der Waals surface area contributed by atoms with Gasteiger partial charge >= 0.3 is 0 Å². The summed E-state index contributed by atoms with van der Waals surface area (Å²) in [5, 5.41) is 4.75. The third-order valence-corrected chi connectivity index (χ3v) is 5.32. The summed E-state index contributed by atoms with van der Waals surface area (Å²) in [7, 11) is 0. The number of hydrogen-bond acceptors (Lipinski definition) is 5. The lowest BCUT2D eigenvalue weighted by molar-refractivity contribution is 0.0787. The molecule has 1 N–H and O–H groups in total. The van der Waals surface area contributed by atoms with Gasteiger partial charge in [0.15, 0.2) is 0 Å². The first-order chi connectivity index (χ1) is 10.6. The summed E-state index contributed by atoms with van der Waals surface area (Å²) >= 11 is 1.85. The van der Waals surface area contributed by atoms with Crippen LogP contribution in [-0.2, 0) is 17.6 Å². The lowest BCUT2D eigenvalue weighted by Crippen LogP contribution is -2.11. The zero-order chi connectivity index (χ0) is 15.5. The van der Waals surface area contributed by atoms with Gasteiger partial charge in [-0.05, 0) is 51.0 Å². The van der Waals surface area contributed by atoms with Crippen LogP contribution < -0.4 is 5.32 Å². The van der Waals surface area contributed by atoms with Crippen molar-refractivity contribution in [3.63, 3.8) is 0 Å². The molecule has 0 saturated carbocycles. The highest BCUT2D eigenvalue weighted by Gasteiger charge is 2.22. The highest BCUT2D eigenvalue weighted by Crippen LogP contribution is 2.39. The monoisotopic (exact) mass is 319 g/mol. The van der Waals surface area contributed by atoms with E-state index >= 15 is 0 Å². The van der Waals surface area contributed by atoms with Crippen LogP contribution in [-0.4, -0.2) is 29.2 Å². The SMILES string of the molecule is CC(C)OCCCNc1ncnc2sc3c(c12)CC[C@H](C)C3. The Bertz CT molecular complexity index is 638. The molecule has 0 amide bonds. The minimum atomic E-state index is 0.302. The van der Waals surface area contributed by atoms with E-state index in [2.05, 4.69) is 36.1 Å². The molecule has 120 valence electrons. The third-order valence-electron chi connectivity index (χ3n) is 4.16. The fourth-order valence-electron chi connectivity index (χ4n) is 3.01. The first-order valence-corrected chi connectivity index (χ1v) is 9.07. The van der Waals surface area contributed by atoms with Gasteiger partial charge in [0.05, 0.1) is 11.5 Å². The van der Waals surface area contributed by atoms with Crippen molar-refractivity contribution in [1.82, 2.24) is 9.97 Å². The van der Waals surface area contributed by atoms with Crippen molar-refractivity contribution in [2.24, 2.45) is 5.92 Å². The highest BCUT2D eigenvalue weighted by atomic mass is 32.1. The van der Waals surface area contributed by atoms with Gasteiger partial charge in [0.1, 0.15) is 17.0 Å². The number of aryl methyl sites for hydroxylation is 1. The van der Waals surface area contributed by atoms with Crippen LogP contribution in [0.1, 0.15) is 44.1 Å². The summed E-state index contributed by atoms with van der Waals surface area (Å²) in [6.07, 6.45) is 6.60. The predicted molar refractivity (Wildman–Crippen MR) is 92.8 cm³/mol. The van der Waals surface area contributed by atoms with Gasteiger partial charge < -0.3 is 10.1 Å². The highest BCUT2D eigenvalue weighted by molar-refractivity contribution is 7.19. The fourth-order valence-corrected chi connectivity index (χ4v) is 4.36. The number of thiophene rings is 1. The van der Waals surface area contributed by atoms with Gasteiger partial charge in [0, 0.05) is 18.0 Å². The Labute approximate surface area is 136 Å². The van der Waals surface area contributed by atoms with Crippen molar-refractivity contribution in [1.29, 1.82) is 0 Å². The number of rotatable bonds is 6. The second-order valence-corrected chi connectivity index (χ2v) is 7.54. The quantitative estimate of drug-likeness (QED) is 0.816. The zero-order valence-corrected chi connectivity index (χ0v) is 14.5. The predicted octanol–water partition coefficient (Wildman–Crippen LogP) is 4.04. The lowest BCUT2D eigenvalue weighted by Gasteiger charge is -2.18. The van der Waals surface area contributed by atoms with Gasteiger partial charge in [-0.2, -0.15) is 0 Å². The van der Waals surface area contributed by atoms with Crippen molar-refractivity contribution >= 4 is 27.4 Å². The normalized spacial score (nSPS) is 17.9. The molecule has 2 heterocycles. The third kappa shape index (κ3) is 3.41. The Kier molecular flexibility index (Phi) is 4.93. The van der Waals surface area contributed by atoms with Crippen molar-refractivity contribution in [2.45, 2.75) is 52.6 Å². The van der Waals surface area contributed by atoms with Crippen LogP contribution in [0, 0.1) is 5.92 Å². The van der Waals surface area contributed by atoms with Crippen LogP contribution in [0.3, 0.4) is 0 Å². The van der Waals surface area contributed by atoms with Crippen LogP contribution in [0.25, 0.3) is 10.2 Å². The molecular weight excluding hydrogens is 294 g/mol. The molecule has 3 rings (SSSR count). The maximum atomic E-state index is 5.58. The van der Waals surface area contributed by atoms with E-state index in [1.165, 1.54) is 28.7 Å². The lowest BCUT2D eigenvalue weighted by atomic mass is 9.89. The average molecular weight is 319 g/mol. The topological polar surface area (TPSA) is 47.0 Å². The molecule has 2 aromatic heterocycles. The van der Waals surface area contributed by atoms with E-state index in [4.69, 9.17) is 4.74 Å². The molecule has 0 spiro atoms. The Morgan fingerprint density at radius 2 is 2.27 bits per heavy atom. The summed E-state index contributed by atoms with van der Waals surface area (Å²) in [6, 6.07) is 0. The maximum absolute atomic E-state index is 5.58. The minimum absolute atomic E-state index is 0.302. The van der Waals surface area contributed by atoms with E-state index in [9.17, 15) is 0 Å². The Balaban J connectivity index is 1.73. The molecule has 0 fully saturated rings. The van der Waals surface area contributed by atoms with Crippen molar-refractivity contribution in [3.8, 4) is 0 Å². The molecule has 5 heteroatoms. The van der Waals surface area contributed by atoms with Gasteiger partial charge in [-0.3, -0.25) is 0 Å². The standard InChI is InChI=1S/C17H25N3OS/c1-11(2)21-8-4-7-18-16-15-13-6-5-12(3)9-14(13)22-17(15)20-10-19-16/h10-12H,4-9H2,1-3H3,(H,18,19,20)/t12-/m0/s1. The second-order valence-electron chi connectivity index (χ2n) is 6.45. The van der Waals surface area contributed by atoms with E-state index in [-0.39, 0.29) is 0 Å². The second kappa shape index (κ2) is 6.92. The number of anilines is 1. The Hall–Kier alpha value is -1.20. The molecule has 22 heavy (non-hydrogen) atoms. The molecular formula is C17H25N3OS. The van der Waals surface area contributed by atoms with Crippen molar-refractivity contribution in [2.75, 3.05) is 18.5 Å². The van der Waals surface area contributed by atoms with Gasteiger partial charge in [-0.25, -0.2) is 9.97 Å². The number of fused-ring (bicyclic) bond motifs is 3. The molecule has 1 atom stereocenters. The number of nitrogens with one attached hydrogen (secondary N) is 1. The van der Waals surface area contributed by atoms with Gasteiger partial charge in [-0.1, -0.05) is 6.92 Å². The molecule has 2 aromatic rings. The van der Waals surface area contributed by atoms with Gasteiger partial charge in [0.2, 0.25) is 0 Å². The van der Waals surface area contributed by atoms with Gasteiger partial charge in [-0.15, -0.1) is 11.3 Å². The maximum Gasteiger partial charge on any atom is 0.138 e. The van der Waals surface area contributed by atoms with E-state index in [1.54, 1.807) is 6.33 Å². The largest absolute Gasteiger partial charge is 0.379 e. The molecule has 0 bridgehead atoms. The number of ether oxygens (including phenoxy) is 1. The van der Waals surface area contributed by atoms with Crippen molar-refractivity contribution < 1.29 is 4.74 Å². The minimum Gasteiger partial charge on any atom is -0.379 e. The van der Waals surface area contributed by atoms with Crippen LogP contribution in [0.15, 0.2) is 6.33 Å². The van der Waals surface area contributed by atoms with E-state index in [0.29, 0.717) is 6.10 Å². The molecule has 1 aliphatic carbocycles. The molecule has 0 aromatic carbocycles. The molecule has 0 unspecified atom stereocenters. The summed E-state index contributed by atoms with van der Waals surface area (Å²) in [5.74, 6) is 1.79. The van der Waals surface area contributed by atoms with Crippen LogP contribution >= 0.6 is 11.3 Å². The summed E-state index contributed by atoms with van der Waals surface area (Å²) < 4.78 is 5.58. The molecule has 0 radical (unpaired) electrons. The molecule has 0 saturated heterocycles. The van der Waals surface area contributed by atoms with Crippen LogP contribution in [0.2, 0.25) is 0 Å². The Morgan fingerprint density at radius 3 is 3.09 bits per heavy atom. The number of hydrogen-bond donors (Lipinski definition) is 1.